The number of urea groups is 1. The number of ether oxygens (including phenoxy) is 1. The van der Waals surface area contributed by atoms with Crippen LogP contribution in [0.3, 0.4) is 0 Å². The summed E-state index contributed by atoms with van der Waals surface area (Å²) in [5, 5.41) is 1.83. The molecule has 1 atom stereocenters. The van der Waals surface area contributed by atoms with Crippen LogP contribution in [-0.4, -0.2) is 70.9 Å². The van der Waals surface area contributed by atoms with E-state index in [0.29, 0.717) is 6.54 Å². The second kappa shape index (κ2) is 6.67. The van der Waals surface area contributed by atoms with E-state index < -0.39 is 29.9 Å². The fourth-order valence-electron chi connectivity index (χ4n) is 2.58. The van der Waals surface area contributed by atoms with Crippen LogP contribution in [0.25, 0.3) is 0 Å². The highest BCUT2D eigenvalue weighted by atomic mass is 32.1. The molecule has 1 aromatic heterocycles. The van der Waals surface area contributed by atoms with E-state index in [-0.39, 0.29) is 26.4 Å². The summed E-state index contributed by atoms with van der Waals surface area (Å²) in [5.74, 6) is -2.30. The number of morpholine rings is 1. The van der Waals surface area contributed by atoms with Crippen molar-refractivity contribution in [1.82, 2.24) is 14.7 Å². The highest BCUT2D eigenvalue weighted by molar-refractivity contribution is 7.09. The number of carbonyl (C=O) groups is 4. The molecule has 128 valence electrons. The zero-order valence-electron chi connectivity index (χ0n) is 12.7. The molecule has 0 saturated carbocycles. The third-order valence-electron chi connectivity index (χ3n) is 3.84. The first kappa shape index (κ1) is 16.6. The van der Waals surface area contributed by atoms with Gasteiger partial charge in [-0.1, -0.05) is 6.07 Å². The van der Waals surface area contributed by atoms with Crippen LogP contribution in [0.2, 0.25) is 0 Å². The van der Waals surface area contributed by atoms with E-state index in [1.165, 1.54) is 11.3 Å². The van der Waals surface area contributed by atoms with Gasteiger partial charge >= 0.3 is 17.8 Å². The fraction of sp³-hybridized carbons (Fsp3) is 0.429. The standard InChI is InChI=1S/C14H16N4O5S/c15-11(19)10-7-16(3-4-23-10)8-18-13(21)12(20)17(14(18)22)6-9-2-1-5-24-9/h1-2,5,10H,3-4,6-8H2,(H2,15,19). The Morgan fingerprint density at radius 2 is 2.04 bits per heavy atom. The van der Waals surface area contributed by atoms with E-state index >= 15 is 0 Å². The maximum atomic E-state index is 12.4. The highest BCUT2D eigenvalue weighted by Gasteiger charge is 2.45. The van der Waals surface area contributed by atoms with Crippen molar-refractivity contribution in [1.29, 1.82) is 0 Å². The Morgan fingerprint density at radius 3 is 2.71 bits per heavy atom. The van der Waals surface area contributed by atoms with E-state index in [1.807, 2.05) is 11.4 Å². The summed E-state index contributed by atoms with van der Waals surface area (Å²) in [6.07, 6.45) is -0.788. The molecule has 2 saturated heterocycles. The predicted molar refractivity (Wildman–Crippen MR) is 82.5 cm³/mol. The maximum absolute atomic E-state index is 12.4. The van der Waals surface area contributed by atoms with Gasteiger partial charge in [0.05, 0.1) is 19.8 Å². The van der Waals surface area contributed by atoms with Gasteiger partial charge in [-0.05, 0) is 11.4 Å². The molecule has 3 rings (SSSR count). The summed E-state index contributed by atoms with van der Waals surface area (Å²) in [4.78, 5) is 52.1. The van der Waals surface area contributed by atoms with Crippen LogP contribution in [0, 0.1) is 0 Å². The van der Waals surface area contributed by atoms with Gasteiger partial charge < -0.3 is 10.5 Å². The lowest BCUT2D eigenvalue weighted by atomic mass is 10.2. The van der Waals surface area contributed by atoms with Crippen LogP contribution in [0.15, 0.2) is 17.5 Å². The first-order chi connectivity index (χ1) is 11.5. The number of hydrogen-bond donors (Lipinski definition) is 1. The minimum Gasteiger partial charge on any atom is -0.367 e. The minimum atomic E-state index is -0.862. The number of rotatable bonds is 5. The monoisotopic (exact) mass is 352 g/mol. The topological polar surface area (TPSA) is 113 Å². The van der Waals surface area contributed by atoms with Crippen LogP contribution in [0.4, 0.5) is 4.79 Å². The van der Waals surface area contributed by atoms with E-state index in [0.717, 1.165) is 14.7 Å². The molecule has 24 heavy (non-hydrogen) atoms. The van der Waals surface area contributed by atoms with E-state index in [1.54, 1.807) is 11.0 Å². The van der Waals surface area contributed by atoms with E-state index in [4.69, 9.17) is 10.5 Å². The van der Waals surface area contributed by atoms with E-state index in [9.17, 15) is 19.2 Å². The molecule has 0 aromatic carbocycles. The summed E-state index contributed by atoms with van der Waals surface area (Å²) in [7, 11) is 0. The van der Waals surface area contributed by atoms with E-state index in [2.05, 4.69) is 0 Å². The van der Waals surface area contributed by atoms with Crippen LogP contribution in [0.5, 0.6) is 0 Å². The second-order valence-electron chi connectivity index (χ2n) is 5.47. The summed E-state index contributed by atoms with van der Waals surface area (Å²) < 4.78 is 5.22. The molecule has 1 aromatic rings. The molecule has 2 N–H and O–H groups in total. The molecule has 2 aliphatic rings. The zero-order valence-corrected chi connectivity index (χ0v) is 13.5. The number of carbonyl (C=O) groups excluding carboxylic acids is 4. The summed E-state index contributed by atoms with van der Waals surface area (Å²) in [5.41, 5.74) is 5.21. The minimum absolute atomic E-state index is 0.0719. The van der Waals surface area contributed by atoms with Gasteiger partial charge in [0.25, 0.3) is 0 Å². The number of primary amides is 1. The highest BCUT2D eigenvalue weighted by Crippen LogP contribution is 2.19. The molecule has 0 aliphatic carbocycles. The summed E-state index contributed by atoms with van der Waals surface area (Å²) in [6, 6.07) is 2.95. The molecule has 0 bridgehead atoms. The molecule has 3 heterocycles. The van der Waals surface area contributed by atoms with Crippen molar-refractivity contribution in [2.45, 2.75) is 12.6 Å². The SMILES string of the molecule is NC(=O)C1CN(CN2C(=O)C(=O)N(Cc3cccs3)C2=O)CCO1. The van der Waals surface area contributed by atoms with Crippen molar-refractivity contribution in [3.8, 4) is 0 Å². The summed E-state index contributed by atoms with van der Waals surface area (Å²) in [6.45, 7) is 0.865. The van der Waals surface area contributed by atoms with Crippen molar-refractivity contribution in [3.63, 3.8) is 0 Å². The van der Waals surface area contributed by atoms with Crippen molar-refractivity contribution < 1.29 is 23.9 Å². The lowest BCUT2D eigenvalue weighted by Crippen LogP contribution is -2.52. The van der Waals surface area contributed by atoms with Crippen molar-refractivity contribution in [2.75, 3.05) is 26.4 Å². The predicted octanol–water partition coefficient (Wildman–Crippen LogP) is -0.817. The Balaban J connectivity index is 1.67. The maximum Gasteiger partial charge on any atom is 0.335 e. The number of nitrogens with zero attached hydrogens (tertiary/aromatic N) is 3. The molecule has 2 aliphatic heterocycles. The average molecular weight is 352 g/mol. The molecule has 1 unspecified atom stereocenters. The van der Waals surface area contributed by atoms with Gasteiger partial charge in [0.2, 0.25) is 5.91 Å². The number of imide groups is 2. The first-order valence-electron chi connectivity index (χ1n) is 7.30. The molecule has 2 fully saturated rings. The van der Waals surface area contributed by atoms with Crippen molar-refractivity contribution >= 4 is 35.1 Å². The Morgan fingerprint density at radius 1 is 1.29 bits per heavy atom. The number of thiophene rings is 1. The second-order valence-corrected chi connectivity index (χ2v) is 6.50. The average Bonchev–Trinajstić information content (AvgIpc) is 3.14. The van der Waals surface area contributed by atoms with Crippen LogP contribution < -0.4 is 5.73 Å². The third kappa shape index (κ3) is 3.16. The van der Waals surface area contributed by atoms with Crippen LogP contribution in [-0.2, 0) is 25.7 Å². The fourth-order valence-corrected chi connectivity index (χ4v) is 3.27. The molecule has 0 spiro atoms. The Bertz CT molecular complexity index is 677. The zero-order chi connectivity index (χ0) is 17.3. The summed E-state index contributed by atoms with van der Waals surface area (Å²) >= 11 is 1.40. The van der Waals surface area contributed by atoms with Gasteiger partial charge in [-0.25, -0.2) is 9.69 Å². The van der Waals surface area contributed by atoms with Gasteiger partial charge in [-0.15, -0.1) is 11.3 Å². The van der Waals surface area contributed by atoms with Gasteiger partial charge in [0, 0.05) is 18.0 Å². The van der Waals surface area contributed by atoms with Gasteiger partial charge in [0.1, 0.15) is 6.10 Å². The Labute approximate surface area is 141 Å². The number of hydrogen-bond acceptors (Lipinski definition) is 7. The number of amides is 5. The van der Waals surface area contributed by atoms with Crippen molar-refractivity contribution in [2.24, 2.45) is 5.73 Å². The van der Waals surface area contributed by atoms with Gasteiger partial charge in [-0.3, -0.25) is 24.2 Å². The Hall–Kier alpha value is -2.30. The molecular formula is C14H16N4O5S. The smallest absolute Gasteiger partial charge is 0.335 e. The molecule has 0 radical (unpaired) electrons. The van der Waals surface area contributed by atoms with Crippen molar-refractivity contribution in [3.05, 3.63) is 22.4 Å². The lowest BCUT2D eigenvalue weighted by molar-refractivity contribution is -0.145. The first-order valence-corrected chi connectivity index (χ1v) is 8.18. The third-order valence-corrected chi connectivity index (χ3v) is 4.70. The Kier molecular flexibility index (Phi) is 4.60. The van der Waals surface area contributed by atoms with Gasteiger partial charge in [-0.2, -0.15) is 0 Å². The number of nitrogens with two attached hydrogens (primary N) is 1. The van der Waals surface area contributed by atoms with Crippen LogP contribution in [0.1, 0.15) is 4.88 Å². The normalized spacial score (nSPS) is 22.5. The molecular weight excluding hydrogens is 336 g/mol. The lowest BCUT2D eigenvalue weighted by Gasteiger charge is -2.32. The quantitative estimate of drug-likeness (QED) is 0.547. The molecule has 9 nitrogen and oxygen atoms in total. The molecule has 10 heteroatoms. The van der Waals surface area contributed by atoms with Crippen LogP contribution >= 0.6 is 11.3 Å². The van der Waals surface area contributed by atoms with Gasteiger partial charge in [0.15, 0.2) is 0 Å². The molecule has 5 amide bonds. The largest absolute Gasteiger partial charge is 0.367 e.